The monoisotopic (exact) mass is 328 g/mol. The van der Waals surface area contributed by atoms with Crippen molar-refractivity contribution in [3.63, 3.8) is 0 Å². The molecule has 4 rings (SSSR count). The zero-order chi connectivity index (χ0) is 13.7. The highest BCUT2D eigenvalue weighted by molar-refractivity contribution is 9.10. The van der Waals surface area contributed by atoms with Gasteiger partial charge in [-0.3, -0.25) is 4.79 Å². The molecule has 4 aliphatic rings. The molecule has 19 heavy (non-hydrogen) atoms. The van der Waals surface area contributed by atoms with Crippen LogP contribution >= 0.6 is 15.9 Å². The van der Waals surface area contributed by atoms with Crippen molar-refractivity contribution < 1.29 is 9.53 Å². The largest absolute Gasteiger partial charge is 0.466 e. The average molecular weight is 329 g/mol. The first-order chi connectivity index (χ1) is 9.00. The number of esters is 1. The van der Waals surface area contributed by atoms with Crippen LogP contribution in [0.4, 0.5) is 0 Å². The van der Waals surface area contributed by atoms with Crippen LogP contribution in [0.1, 0.15) is 58.8 Å². The molecule has 0 aliphatic heterocycles. The third-order valence-corrected chi connectivity index (χ3v) is 6.68. The van der Waals surface area contributed by atoms with Crippen molar-refractivity contribution in [2.45, 2.75) is 63.1 Å². The second kappa shape index (κ2) is 4.75. The average Bonchev–Trinajstić information content (AvgIpc) is 2.25. The van der Waals surface area contributed by atoms with Gasteiger partial charge in [0, 0.05) is 4.32 Å². The number of halogens is 1. The van der Waals surface area contributed by atoms with Crippen molar-refractivity contribution in [2.75, 3.05) is 6.61 Å². The molecule has 4 bridgehead atoms. The zero-order valence-corrected chi connectivity index (χ0v) is 13.7. The molecule has 3 atom stereocenters. The number of carbonyl (C=O) groups is 1. The molecule has 3 heteroatoms. The molecule has 108 valence electrons. The minimum atomic E-state index is 0.0584. The van der Waals surface area contributed by atoms with Gasteiger partial charge in [-0.15, -0.1) is 0 Å². The molecule has 0 N–H and O–H groups in total. The summed E-state index contributed by atoms with van der Waals surface area (Å²) in [6.07, 6.45) is 8.68. The van der Waals surface area contributed by atoms with E-state index in [2.05, 4.69) is 22.9 Å². The summed E-state index contributed by atoms with van der Waals surface area (Å²) in [6.45, 7) is 4.58. The Labute approximate surface area is 124 Å². The lowest BCUT2D eigenvalue weighted by Gasteiger charge is -2.62. The maximum Gasteiger partial charge on any atom is 0.309 e. The lowest BCUT2D eigenvalue weighted by molar-refractivity contribution is -0.162. The van der Waals surface area contributed by atoms with Gasteiger partial charge in [-0.2, -0.15) is 0 Å². The third kappa shape index (κ3) is 2.26. The number of rotatable bonds is 4. The maximum atomic E-state index is 12.4. The van der Waals surface area contributed by atoms with Gasteiger partial charge in [0.1, 0.15) is 0 Å². The van der Waals surface area contributed by atoms with Crippen LogP contribution in [0, 0.1) is 23.2 Å². The van der Waals surface area contributed by atoms with Crippen LogP contribution in [0.2, 0.25) is 0 Å². The molecular weight excluding hydrogens is 304 g/mol. The van der Waals surface area contributed by atoms with Gasteiger partial charge >= 0.3 is 5.97 Å². The van der Waals surface area contributed by atoms with Crippen LogP contribution in [-0.2, 0) is 9.53 Å². The fraction of sp³-hybridized carbons (Fsp3) is 0.938. The van der Waals surface area contributed by atoms with Crippen LogP contribution in [0.3, 0.4) is 0 Å². The van der Waals surface area contributed by atoms with E-state index < -0.39 is 0 Å². The minimum absolute atomic E-state index is 0.0584. The SMILES string of the molecule is CCOC(=O)C(CC)C12CC3CC(CC(Br)(C3)C1)C2. The highest BCUT2D eigenvalue weighted by atomic mass is 79.9. The molecule has 0 aromatic rings. The molecule has 0 aromatic heterocycles. The van der Waals surface area contributed by atoms with E-state index in [1.165, 1.54) is 38.5 Å². The molecule has 4 fully saturated rings. The predicted molar refractivity (Wildman–Crippen MR) is 79.2 cm³/mol. The summed E-state index contributed by atoms with van der Waals surface area (Å²) in [7, 11) is 0. The van der Waals surface area contributed by atoms with E-state index in [0.717, 1.165) is 18.3 Å². The quantitative estimate of drug-likeness (QED) is 0.567. The van der Waals surface area contributed by atoms with Crippen molar-refractivity contribution in [2.24, 2.45) is 23.2 Å². The molecule has 4 saturated carbocycles. The molecular formula is C16H25BrO2. The predicted octanol–water partition coefficient (Wildman–Crippen LogP) is 4.31. The van der Waals surface area contributed by atoms with Gasteiger partial charge < -0.3 is 4.74 Å². The van der Waals surface area contributed by atoms with E-state index >= 15 is 0 Å². The summed E-state index contributed by atoms with van der Waals surface area (Å²) in [4.78, 5) is 12.4. The Morgan fingerprint density at radius 1 is 1.26 bits per heavy atom. The van der Waals surface area contributed by atoms with E-state index in [1.54, 1.807) is 0 Å². The van der Waals surface area contributed by atoms with Crippen LogP contribution in [0.5, 0.6) is 0 Å². The Balaban J connectivity index is 1.87. The van der Waals surface area contributed by atoms with Gasteiger partial charge in [-0.05, 0) is 69.1 Å². The van der Waals surface area contributed by atoms with E-state index in [1.807, 2.05) is 6.92 Å². The van der Waals surface area contributed by atoms with Gasteiger partial charge in [0.05, 0.1) is 12.5 Å². The Morgan fingerprint density at radius 3 is 2.37 bits per heavy atom. The third-order valence-electron chi connectivity index (χ3n) is 5.75. The normalized spacial score (nSPS) is 45.2. The second-order valence-corrected chi connectivity index (χ2v) is 8.87. The van der Waals surface area contributed by atoms with Gasteiger partial charge in [0.2, 0.25) is 0 Å². The number of hydrogen-bond acceptors (Lipinski definition) is 2. The van der Waals surface area contributed by atoms with Crippen LogP contribution in [0.25, 0.3) is 0 Å². The molecule has 4 aliphatic carbocycles. The van der Waals surface area contributed by atoms with Crippen molar-refractivity contribution in [1.82, 2.24) is 0 Å². The van der Waals surface area contributed by atoms with Crippen LogP contribution < -0.4 is 0 Å². The Bertz CT molecular complexity index is 365. The Hall–Kier alpha value is -0.0500. The molecule has 0 aromatic carbocycles. The number of hydrogen-bond donors (Lipinski definition) is 0. The Kier molecular flexibility index (Phi) is 3.48. The first-order valence-corrected chi connectivity index (χ1v) is 8.65. The van der Waals surface area contributed by atoms with Crippen LogP contribution in [-0.4, -0.2) is 16.9 Å². The smallest absolute Gasteiger partial charge is 0.309 e. The lowest BCUT2D eigenvalue weighted by atomic mass is 9.46. The van der Waals surface area contributed by atoms with E-state index in [-0.39, 0.29) is 17.3 Å². The molecule has 0 amide bonds. The summed E-state index contributed by atoms with van der Waals surface area (Å²) in [5, 5.41) is 0. The van der Waals surface area contributed by atoms with Crippen molar-refractivity contribution in [3.8, 4) is 0 Å². The standard InChI is InChI=1S/C16H25BrO2/c1-3-13(14(18)19-4-2)15-6-11-5-12(7-15)9-16(17,8-11)10-15/h11-13H,3-10H2,1-2H3. The fourth-order valence-corrected chi connectivity index (χ4v) is 7.19. The Morgan fingerprint density at radius 2 is 1.89 bits per heavy atom. The van der Waals surface area contributed by atoms with Gasteiger partial charge in [0.15, 0.2) is 0 Å². The summed E-state index contributed by atoms with van der Waals surface area (Å²) in [5.74, 6) is 1.85. The highest BCUT2D eigenvalue weighted by Crippen LogP contribution is 2.67. The first kappa shape index (κ1) is 13.9. The highest BCUT2D eigenvalue weighted by Gasteiger charge is 2.60. The van der Waals surface area contributed by atoms with E-state index in [0.29, 0.717) is 10.9 Å². The van der Waals surface area contributed by atoms with E-state index in [4.69, 9.17) is 4.74 Å². The first-order valence-electron chi connectivity index (χ1n) is 7.86. The molecule has 0 radical (unpaired) electrons. The molecule has 2 nitrogen and oxygen atoms in total. The topological polar surface area (TPSA) is 26.3 Å². The molecule has 0 heterocycles. The summed E-state index contributed by atoms with van der Waals surface area (Å²) in [6, 6.07) is 0. The van der Waals surface area contributed by atoms with Gasteiger partial charge in [0.25, 0.3) is 0 Å². The van der Waals surface area contributed by atoms with E-state index in [9.17, 15) is 4.79 Å². The molecule has 0 spiro atoms. The molecule has 3 unspecified atom stereocenters. The van der Waals surface area contributed by atoms with Gasteiger partial charge in [-0.1, -0.05) is 22.9 Å². The van der Waals surface area contributed by atoms with Crippen molar-refractivity contribution >= 4 is 21.9 Å². The fourth-order valence-electron chi connectivity index (χ4n) is 5.72. The van der Waals surface area contributed by atoms with Crippen molar-refractivity contribution in [3.05, 3.63) is 0 Å². The number of carbonyl (C=O) groups excluding carboxylic acids is 1. The summed E-state index contributed by atoms with van der Waals surface area (Å²) in [5.41, 5.74) is 0.231. The number of alkyl halides is 1. The van der Waals surface area contributed by atoms with Gasteiger partial charge in [-0.25, -0.2) is 0 Å². The summed E-state index contributed by atoms with van der Waals surface area (Å²) < 4.78 is 5.69. The summed E-state index contributed by atoms with van der Waals surface area (Å²) >= 11 is 4.03. The second-order valence-electron chi connectivity index (χ2n) is 7.19. The molecule has 0 saturated heterocycles. The minimum Gasteiger partial charge on any atom is -0.466 e. The van der Waals surface area contributed by atoms with Crippen LogP contribution in [0.15, 0.2) is 0 Å². The van der Waals surface area contributed by atoms with Crippen molar-refractivity contribution in [1.29, 1.82) is 0 Å². The zero-order valence-electron chi connectivity index (χ0n) is 12.1. The lowest BCUT2D eigenvalue weighted by Crippen LogP contribution is -2.56. The maximum absolute atomic E-state index is 12.4. The number of ether oxygens (including phenoxy) is 1.